The number of hydrogen-bond acceptors (Lipinski definition) is 8. The van der Waals surface area contributed by atoms with Crippen LogP contribution in [-0.4, -0.2) is 49.8 Å². The molecule has 2 heterocycles. The number of nitrogens with zero attached hydrogens (tertiary/aromatic N) is 5. The van der Waals surface area contributed by atoms with Gasteiger partial charge in [-0.15, -0.1) is 0 Å². The van der Waals surface area contributed by atoms with Gasteiger partial charge in [-0.25, -0.2) is 14.7 Å². The normalized spacial score (nSPS) is 16.7. The second-order valence-electron chi connectivity index (χ2n) is 12.8. The number of benzene rings is 1. The van der Waals surface area contributed by atoms with Crippen LogP contribution in [0.4, 0.5) is 16.6 Å². The van der Waals surface area contributed by atoms with Crippen molar-refractivity contribution >= 4 is 35.0 Å². The first-order chi connectivity index (χ1) is 20.7. The minimum Gasteiger partial charge on any atom is -0.465 e. The second kappa shape index (κ2) is 13.7. The lowest BCUT2D eigenvalue weighted by molar-refractivity contribution is -0.143. The van der Waals surface area contributed by atoms with E-state index in [2.05, 4.69) is 34.6 Å². The molecule has 2 fully saturated rings. The molecule has 0 radical (unpaired) electrons. The largest absolute Gasteiger partial charge is 0.465 e. The lowest BCUT2D eigenvalue weighted by Gasteiger charge is -2.27. The average molecular weight is 591 g/mol. The zero-order valence-electron chi connectivity index (χ0n) is 26.1. The van der Waals surface area contributed by atoms with Crippen LogP contribution in [0.5, 0.6) is 0 Å². The van der Waals surface area contributed by atoms with E-state index in [1.54, 1.807) is 17.8 Å². The summed E-state index contributed by atoms with van der Waals surface area (Å²) in [5.74, 6) is 0.965. The quantitative estimate of drug-likeness (QED) is 0.262. The van der Waals surface area contributed by atoms with Crippen molar-refractivity contribution in [2.24, 2.45) is 0 Å². The van der Waals surface area contributed by atoms with Gasteiger partial charge in [0.25, 0.3) is 0 Å². The first-order valence-electron chi connectivity index (χ1n) is 15.9. The Bertz CT molecular complexity index is 1380. The summed E-state index contributed by atoms with van der Waals surface area (Å²) in [5.41, 5.74) is 2.61. The van der Waals surface area contributed by atoms with E-state index < -0.39 is 11.7 Å². The molecular weight excluding hydrogens is 544 g/mol. The number of amides is 1. The molecule has 10 nitrogen and oxygen atoms in total. The molecule has 5 rings (SSSR count). The Morgan fingerprint density at radius 2 is 1.65 bits per heavy atom. The van der Waals surface area contributed by atoms with Crippen molar-refractivity contribution in [3.05, 3.63) is 41.7 Å². The minimum absolute atomic E-state index is 0.0429. The Balaban J connectivity index is 1.51. The van der Waals surface area contributed by atoms with Gasteiger partial charge in [-0.05, 0) is 70.4 Å². The fourth-order valence-electron chi connectivity index (χ4n) is 6.10. The Labute approximate surface area is 254 Å². The van der Waals surface area contributed by atoms with Gasteiger partial charge in [0.2, 0.25) is 5.95 Å². The topological polar surface area (TPSA) is 111 Å². The number of fused-ring (bicyclic) bond motifs is 1. The second-order valence-corrected chi connectivity index (χ2v) is 12.8. The number of nitrogens with one attached hydrogen (secondary N) is 1. The SMILES string of the molecule is CCOC(=O)Cn1cnc2c(NC3CCCCC3)nc(N(Cc3ccc(C4CCCCC4)cc3)C(=O)OC(C)(C)C)nc21. The van der Waals surface area contributed by atoms with Crippen LogP contribution in [0.1, 0.15) is 109 Å². The van der Waals surface area contributed by atoms with Crippen LogP contribution in [0, 0.1) is 0 Å². The Hall–Kier alpha value is -3.69. The number of imidazole rings is 1. The van der Waals surface area contributed by atoms with Gasteiger partial charge in [0.15, 0.2) is 17.0 Å². The average Bonchev–Trinajstić information content (AvgIpc) is 3.39. The molecule has 1 N–H and O–H groups in total. The van der Waals surface area contributed by atoms with E-state index >= 15 is 0 Å². The molecule has 2 aromatic heterocycles. The van der Waals surface area contributed by atoms with Gasteiger partial charge in [-0.1, -0.05) is 62.8 Å². The smallest absolute Gasteiger partial charge is 0.417 e. The van der Waals surface area contributed by atoms with Crippen LogP contribution in [0.25, 0.3) is 11.2 Å². The van der Waals surface area contributed by atoms with Crippen LogP contribution in [0.15, 0.2) is 30.6 Å². The Kier molecular flexibility index (Phi) is 9.82. The number of hydrogen-bond donors (Lipinski definition) is 1. The van der Waals surface area contributed by atoms with Crippen molar-refractivity contribution in [2.75, 3.05) is 16.8 Å². The number of rotatable bonds is 9. The van der Waals surface area contributed by atoms with E-state index in [1.165, 1.54) is 49.0 Å². The molecule has 2 aliphatic carbocycles. The lowest BCUT2D eigenvalue weighted by atomic mass is 9.84. The summed E-state index contributed by atoms with van der Waals surface area (Å²) in [7, 11) is 0. The highest BCUT2D eigenvalue weighted by Crippen LogP contribution is 2.33. The van der Waals surface area contributed by atoms with Gasteiger partial charge in [0, 0.05) is 6.04 Å². The zero-order valence-corrected chi connectivity index (χ0v) is 26.1. The summed E-state index contributed by atoms with van der Waals surface area (Å²) >= 11 is 0. The molecule has 0 saturated heterocycles. The van der Waals surface area contributed by atoms with E-state index in [4.69, 9.17) is 19.4 Å². The molecule has 0 atom stereocenters. The van der Waals surface area contributed by atoms with Crippen LogP contribution in [0.3, 0.4) is 0 Å². The fourth-order valence-corrected chi connectivity index (χ4v) is 6.10. The molecular formula is C33H46N6O4. The van der Waals surface area contributed by atoms with Gasteiger partial charge >= 0.3 is 12.1 Å². The number of carbonyl (C=O) groups excluding carboxylic acids is 2. The highest BCUT2D eigenvalue weighted by Gasteiger charge is 2.29. The Morgan fingerprint density at radius 3 is 2.30 bits per heavy atom. The molecule has 10 heteroatoms. The standard InChI is InChI=1S/C33H46N6O4/c1-5-42-27(40)21-38-22-34-28-29(35-26-14-10-7-11-15-26)36-31(37-30(28)38)39(32(41)43-33(2,3)4)20-23-16-18-25(19-17-23)24-12-8-6-9-13-24/h16-19,22,24,26H,5-15,20-21H2,1-4H3,(H,35,36,37). The van der Waals surface area contributed by atoms with Crippen molar-refractivity contribution in [3.8, 4) is 0 Å². The van der Waals surface area contributed by atoms with Crippen molar-refractivity contribution in [3.63, 3.8) is 0 Å². The minimum atomic E-state index is -0.709. The van der Waals surface area contributed by atoms with Crippen molar-refractivity contribution in [1.29, 1.82) is 0 Å². The molecule has 43 heavy (non-hydrogen) atoms. The number of anilines is 2. The highest BCUT2D eigenvalue weighted by atomic mass is 16.6. The third-order valence-electron chi connectivity index (χ3n) is 8.26. The van der Waals surface area contributed by atoms with E-state index in [0.29, 0.717) is 22.9 Å². The molecule has 0 bridgehead atoms. The lowest BCUT2D eigenvalue weighted by Crippen LogP contribution is -2.37. The van der Waals surface area contributed by atoms with Gasteiger partial charge in [0.05, 0.1) is 19.5 Å². The molecule has 3 aromatic rings. The Morgan fingerprint density at radius 1 is 0.977 bits per heavy atom. The summed E-state index contributed by atoms with van der Waals surface area (Å²) in [6.45, 7) is 7.78. The first kappa shape index (κ1) is 30.8. The van der Waals surface area contributed by atoms with Crippen LogP contribution >= 0.6 is 0 Å². The number of aromatic nitrogens is 4. The predicted octanol–water partition coefficient (Wildman–Crippen LogP) is 7.12. The van der Waals surface area contributed by atoms with E-state index in [-0.39, 0.29) is 37.7 Å². The molecule has 0 aliphatic heterocycles. The summed E-state index contributed by atoms with van der Waals surface area (Å²) in [5, 5.41) is 3.58. The van der Waals surface area contributed by atoms with Gasteiger partial charge in [-0.2, -0.15) is 9.97 Å². The van der Waals surface area contributed by atoms with E-state index in [1.807, 2.05) is 20.8 Å². The van der Waals surface area contributed by atoms with E-state index in [0.717, 1.165) is 31.2 Å². The number of ether oxygens (including phenoxy) is 2. The molecule has 1 aromatic carbocycles. The van der Waals surface area contributed by atoms with Crippen molar-refractivity contribution in [2.45, 2.75) is 123 Å². The maximum atomic E-state index is 13.7. The molecule has 2 saturated carbocycles. The van der Waals surface area contributed by atoms with Gasteiger partial charge < -0.3 is 19.4 Å². The van der Waals surface area contributed by atoms with Crippen LogP contribution < -0.4 is 10.2 Å². The van der Waals surface area contributed by atoms with Gasteiger partial charge in [-0.3, -0.25) is 4.79 Å². The summed E-state index contributed by atoms with van der Waals surface area (Å²) in [6, 6.07) is 8.80. The maximum absolute atomic E-state index is 13.7. The van der Waals surface area contributed by atoms with Gasteiger partial charge in [0.1, 0.15) is 12.1 Å². The van der Waals surface area contributed by atoms with E-state index in [9.17, 15) is 9.59 Å². The van der Waals surface area contributed by atoms with Crippen molar-refractivity contribution < 1.29 is 19.1 Å². The van der Waals surface area contributed by atoms with Crippen LogP contribution in [-0.2, 0) is 27.4 Å². The molecule has 1 amide bonds. The van der Waals surface area contributed by atoms with Crippen molar-refractivity contribution in [1.82, 2.24) is 19.5 Å². The monoisotopic (exact) mass is 590 g/mol. The zero-order chi connectivity index (χ0) is 30.4. The summed E-state index contributed by atoms with van der Waals surface area (Å²) < 4.78 is 12.7. The third-order valence-corrected chi connectivity index (χ3v) is 8.26. The summed E-state index contributed by atoms with van der Waals surface area (Å²) in [4.78, 5) is 41.9. The fraction of sp³-hybridized carbons (Fsp3) is 0.606. The summed E-state index contributed by atoms with van der Waals surface area (Å²) in [6.07, 6.45) is 13.0. The first-order valence-corrected chi connectivity index (χ1v) is 15.9. The molecule has 232 valence electrons. The molecule has 0 unspecified atom stereocenters. The molecule has 0 spiro atoms. The van der Waals surface area contributed by atoms with Crippen LogP contribution in [0.2, 0.25) is 0 Å². The molecule has 2 aliphatic rings. The number of carbonyl (C=O) groups is 2. The highest BCUT2D eigenvalue weighted by molar-refractivity contribution is 5.90. The maximum Gasteiger partial charge on any atom is 0.417 e. The third kappa shape index (κ3) is 8.03. The number of esters is 1. The predicted molar refractivity (Wildman–Crippen MR) is 167 cm³/mol.